The largest absolute Gasteiger partial charge is 0.359 e. The van der Waals surface area contributed by atoms with E-state index in [-0.39, 0.29) is 11.7 Å². The number of fused-ring (bicyclic) bond motifs is 1. The first-order valence-corrected chi connectivity index (χ1v) is 7.89. The van der Waals surface area contributed by atoms with Gasteiger partial charge in [0.15, 0.2) is 0 Å². The first-order chi connectivity index (χ1) is 11.7. The Morgan fingerprint density at radius 3 is 2.79 bits per heavy atom. The molecule has 0 unspecified atom stereocenters. The molecule has 0 atom stereocenters. The maximum atomic E-state index is 13.0. The molecule has 0 bridgehead atoms. The van der Waals surface area contributed by atoms with Gasteiger partial charge in [0.25, 0.3) is 5.91 Å². The van der Waals surface area contributed by atoms with Crippen LogP contribution in [-0.4, -0.2) is 33.9 Å². The Labute approximate surface area is 138 Å². The van der Waals surface area contributed by atoms with Crippen LogP contribution in [0, 0.1) is 5.82 Å². The van der Waals surface area contributed by atoms with E-state index < -0.39 is 0 Å². The molecule has 0 fully saturated rings. The van der Waals surface area contributed by atoms with Crippen molar-refractivity contribution in [3.8, 4) is 0 Å². The van der Waals surface area contributed by atoms with Crippen molar-refractivity contribution in [2.24, 2.45) is 0 Å². The molecule has 0 saturated heterocycles. The zero-order chi connectivity index (χ0) is 16.5. The maximum absolute atomic E-state index is 13.0. The van der Waals surface area contributed by atoms with Crippen LogP contribution in [0.4, 0.5) is 4.39 Å². The highest BCUT2D eigenvalue weighted by Crippen LogP contribution is 2.28. The van der Waals surface area contributed by atoms with E-state index in [4.69, 9.17) is 0 Å². The molecule has 2 aromatic heterocycles. The monoisotopic (exact) mass is 321 g/mol. The Hall–Kier alpha value is -2.95. The van der Waals surface area contributed by atoms with Gasteiger partial charge in [-0.15, -0.1) is 0 Å². The number of aromatic nitrogens is 2. The number of hydrogen-bond donors (Lipinski definition) is 1. The van der Waals surface area contributed by atoms with E-state index in [9.17, 15) is 9.18 Å². The zero-order valence-corrected chi connectivity index (χ0v) is 13.0. The average molecular weight is 321 g/mol. The van der Waals surface area contributed by atoms with Crippen molar-refractivity contribution in [3.63, 3.8) is 0 Å². The number of carbonyl (C=O) groups excluding carboxylic acids is 1. The molecule has 3 heterocycles. The van der Waals surface area contributed by atoms with Gasteiger partial charge in [-0.3, -0.25) is 9.78 Å². The Balaban J connectivity index is 1.55. The Morgan fingerprint density at radius 1 is 1.21 bits per heavy atom. The van der Waals surface area contributed by atoms with Crippen LogP contribution in [0.5, 0.6) is 0 Å². The summed E-state index contributed by atoms with van der Waals surface area (Å²) in [6, 6.07) is 9.59. The van der Waals surface area contributed by atoms with E-state index in [1.165, 1.54) is 29.8 Å². The van der Waals surface area contributed by atoms with Crippen LogP contribution in [0.3, 0.4) is 0 Å². The minimum Gasteiger partial charge on any atom is -0.359 e. The summed E-state index contributed by atoms with van der Waals surface area (Å²) in [6.07, 6.45) is 6.60. The van der Waals surface area contributed by atoms with Crippen LogP contribution in [0.2, 0.25) is 0 Å². The van der Waals surface area contributed by atoms with Crippen LogP contribution in [0.1, 0.15) is 22.3 Å². The quantitative estimate of drug-likeness (QED) is 0.783. The number of nitrogens with one attached hydrogen (secondary N) is 1. The molecular weight excluding hydrogens is 305 g/mol. The number of nitrogens with zero attached hydrogens (tertiary/aromatic N) is 2. The molecular formula is C19H16FN3O. The number of aromatic amines is 1. The number of benzene rings is 1. The van der Waals surface area contributed by atoms with Crippen molar-refractivity contribution in [1.82, 2.24) is 14.9 Å². The van der Waals surface area contributed by atoms with Crippen LogP contribution in [-0.2, 0) is 0 Å². The molecule has 1 aliphatic heterocycles. The molecule has 1 N–H and O–H groups in total. The first kappa shape index (κ1) is 14.6. The predicted octanol–water partition coefficient (Wildman–Crippen LogP) is 3.63. The zero-order valence-electron chi connectivity index (χ0n) is 13.0. The molecule has 0 saturated carbocycles. The fraction of sp³-hybridized carbons (Fsp3) is 0.158. The summed E-state index contributed by atoms with van der Waals surface area (Å²) in [7, 11) is 0. The molecule has 4 rings (SSSR count). The number of carbonyl (C=O) groups is 1. The first-order valence-electron chi connectivity index (χ1n) is 7.89. The lowest BCUT2D eigenvalue weighted by atomic mass is 10.0. The van der Waals surface area contributed by atoms with Crippen LogP contribution in [0.25, 0.3) is 16.6 Å². The number of amides is 1. The molecule has 0 aliphatic carbocycles. The van der Waals surface area contributed by atoms with Gasteiger partial charge in [-0.2, -0.15) is 0 Å². The number of halogens is 1. The SMILES string of the molecule is O=C(c1ccc(F)cc1)N1CC=C(c2c[nH]c3cccnc23)CC1. The van der Waals surface area contributed by atoms with E-state index in [2.05, 4.69) is 16.0 Å². The highest BCUT2D eigenvalue weighted by molar-refractivity contribution is 5.95. The molecule has 5 heteroatoms. The van der Waals surface area contributed by atoms with Gasteiger partial charge < -0.3 is 9.88 Å². The summed E-state index contributed by atoms with van der Waals surface area (Å²) >= 11 is 0. The minimum absolute atomic E-state index is 0.0673. The normalized spacial score (nSPS) is 14.7. The second kappa shape index (κ2) is 5.92. The van der Waals surface area contributed by atoms with Crippen molar-refractivity contribution in [2.45, 2.75) is 6.42 Å². The molecule has 1 aromatic carbocycles. The van der Waals surface area contributed by atoms with Crippen molar-refractivity contribution < 1.29 is 9.18 Å². The summed E-state index contributed by atoms with van der Waals surface area (Å²) in [5.74, 6) is -0.401. The number of pyridine rings is 1. The average Bonchev–Trinajstić information content (AvgIpc) is 3.06. The van der Waals surface area contributed by atoms with E-state index in [1.807, 2.05) is 18.3 Å². The number of H-pyrrole nitrogens is 1. The topological polar surface area (TPSA) is 49.0 Å². The Bertz CT molecular complexity index is 927. The number of hydrogen-bond acceptors (Lipinski definition) is 2. The fourth-order valence-electron chi connectivity index (χ4n) is 3.07. The Morgan fingerprint density at radius 2 is 2.04 bits per heavy atom. The van der Waals surface area contributed by atoms with Crippen LogP contribution in [0.15, 0.2) is 54.9 Å². The lowest BCUT2D eigenvalue weighted by Gasteiger charge is -2.26. The molecule has 1 amide bonds. The Kier molecular flexibility index (Phi) is 3.61. The van der Waals surface area contributed by atoms with Gasteiger partial charge >= 0.3 is 0 Å². The molecule has 0 radical (unpaired) electrons. The lowest BCUT2D eigenvalue weighted by molar-refractivity contribution is 0.0773. The van der Waals surface area contributed by atoms with Crippen molar-refractivity contribution in [1.29, 1.82) is 0 Å². The number of rotatable bonds is 2. The van der Waals surface area contributed by atoms with E-state index in [0.717, 1.165) is 23.0 Å². The lowest BCUT2D eigenvalue weighted by Crippen LogP contribution is -2.34. The summed E-state index contributed by atoms with van der Waals surface area (Å²) in [5, 5.41) is 0. The van der Waals surface area contributed by atoms with Gasteiger partial charge in [0.05, 0.1) is 11.0 Å². The van der Waals surface area contributed by atoms with Gasteiger partial charge in [0.2, 0.25) is 0 Å². The molecule has 120 valence electrons. The van der Waals surface area contributed by atoms with Crippen molar-refractivity contribution in [2.75, 3.05) is 13.1 Å². The molecule has 3 aromatic rings. The van der Waals surface area contributed by atoms with Crippen LogP contribution < -0.4 is 0 Å². The highest BCUT2D eigenvalue weighted by atomic mass is 19.1. The summed E-state index contributed by atoms with van der Waals surface area (Å²) in [6.45, 7) is 1.19. The van der Waals surface area contributed by atoms with Crippen molar-refractivity contribution >= 4 is 22.5 Å². The van der Waals surface area contributed by atoms with E-state index in [0.29, 0.717) is 18.7 Å². The third kappa shape index (κ3) is 2.58. The van der Waals surface area contributed by atoms with Gasteiger partial charge in [-0.25, -0.2) is 4.39 Å². The highest BCUT2D eigenvalue weighted by Gasteiger charge is 2.20. The minimum atomic E-state index is -0.334. The third-order valence-corrected chi connectivity index (χ3v) is 4.37. The van der Waals surface area contributed by atoms with Gasteiger partial charge in [0, 0.05) is 36.6 Å². The maximum Gasteiger partial charge on any atom is 0.254 e. The van der Waals surface area contributed by atoms with Gasteiger partial charge in [-0.05, 0) is 48.4 Å². The van der Waals surface area contributed by atoms with Crippen LogP contribution >= 0.6 is 0 Å². The van der Waals surface area contributed by atoms with E-state index in [1.54, 1.807) is 11.1 Å². The third-order valence-electron chi connectivity index (χ3n) is 4.37. The van der Waals surface area contributed by atoms with Gasteiger partial charge in [0.1, 0.15) is 5.82 Å². The molecule has 4 nitrogen and oxygen atoms in total. The molecule has 1 aliphatic rings. The summed E-state index contributed by atoms with van der Waals surface area (Å²) < 4.78 is 13.0. The van der Waals surface area contributed by atoms with E-state index >= 15 is 0 Å². The predicted molar refractivity (Wildman–Crippen MR) is 91.0 cm³/mol. The summed E-state index contributed by atoms with van der Waals surface area (Å²) in [5.41, 5.74) is 4.78. The van der Waals surface area contributed by atoms with Gasteiger partial charge in [-0.1, -0.05) is 6.08 Å². The molecule has 24 heavy (non-hydrogen) atoms. The fourth-order valence-corrected chi connectivity index (χ4v) is 3.07. The summed E-state index contributed by atoms with van der Waals surface area (Å²) in [4.78, 5) is 21.9. The smallest absolute Gasteiger partial charge is 0.254 e. The standard InChI is InChI=1S/C19H16FN3O/c20-15-5-3-14(4-6-15)19(24)23-10-7-13(8-11-23)16-12-22-17-2-1-9-21-18(16)17/h1-7,9,12,22H,8,10-11H2. The molecule has 0 spiro atoms. The van der Waals surface area contributed by atoms with Crippen molar-refractivity contribution in [3.05, 3.63) is 71.8 Å². The second-order valence-corrected chi connectivity index (χ2v) is 5.84. The second-order valence-electron chi connectivity index (χ2n) is 5.84.